The van der Waals surface area contributed by atoms with Gasteiger partial charge in [-0.25, -0.2) is 0 Å². The molecule has 70 valence electrons. The maximum Gasteiger partial charge on any atom is 0.136 e. The average molecular weight is 170 g/mol. The molecular weight excluding hydrogens is 152 g/mol. The quantitative estimate of drug-likeness (QED) is 0.299. The summed E-state index contributed by atoms with van der Waals surface area (Å²) >= 11 is 0. The number of oxime groups is 1. The van der Waals surface area contributed by atoms with E-state index in [0.29, 0.717) is 5.84 Å². The van der Waals surface area contributed by atoms with Crippen LogP contribution < -0.4 is 5.73 Å². The summed E-state index contributed by atoms with van der Waals surface area (Å²) in [5, 5.41) is 3.69. The fourth-order valence-electron chi connectivity index (χ4n) is 0.744. The van der Waals surface area contributed by atoms with E-state index in [2.05, 4.69) is 25.9 Å². The van der Waals surface area contributed by atoms with Crippen molar-refractivity contribution in [3.8, 4) is 0 Å². The highest BCUT2D eigenvalue weighted by atomic mass is 16.6. The third-order valence-electron chi connectivity index (χ3n) is 1.29. The maximum absolute atomic E-state index is 5.34. The third kappa shape index (κ3) is 4.01. The van der Waals surface area contributed by atoms with E-state index >= 15 is 0 Å². The number of nitrogens with zero attached hydrogens (tertiary/aromatic N) is 1. The van der Waals surface area contributed by atoms with Gasteiger partial charge in [0.05, 0.1) is 0 Å². The number of nitrogens with two attached hydrogens (primary N) is 1. The first-order valence-electron chi connectivity index (χ1n) is 4.02. The molecule has 0 saturated carbocycles. The summed E-state index contributed by atoms with van der Waals surface area (Å²) in [6.07, 6.45) is 1.90. The molecule has 0 fully saturated rings. The van der Waals surface area contributed by atoms with Gasteiger partial charge in [0.1, 0.15) is 11.6 Å². The predicted molar refractivity (Wildman–Crippen MR) is 51.6 cm³/mol. The van der Waals surface area contributed by atoms with Gasteiger partial charge in [0, 0.05) is 5.41 Å². The van der Waals surface area contributed by atoms with Crippen LogP contribution in [0, 0.1) is 5.41 Å². The Morgan fingerprint density at radius 1 is 1.42 bits per heavy atom. The van der Waals surface area contributed by atoms with Crippen LogP contribution in [0.25, 0.3) is 0 Å². The van der Waals surface area contributed by atoms with E-state index in [-0.39, 0.29) is 5.41 Å². The van der Waals surface area contributed by atoms with Crippen LogP contribution in [0.2, 0.25) is 0 Å². The Morgan fingerprint density at radius 2 is 1.92 bits per heavy atom. The minimum atomic E-state index is -0.0201. The zero-order valence-corrected chi connectivity index (χ0v) is 8.51. The van der Waals surface area contributed by atoms with E-state index in [1.165, 1.54) is 0 Å². The summed E-state index contributed by atoms with van der Waals surface area (Å²) in [5.74, 6) is 1.26. The van der Waals surface area contributed by atoms with Crippen LogP contribution in [-0.2, 0) is 4.84 Å². The Labute approximate surface area is 74.3 Å². The van der Waals surface area contributed by atoms with Crippen molar-refractivity contribution in [2.75, 3.05) is 0 Å². The smallest absolute Gasteiger partial charge is 0.136 e. The molecule has 0 bridgehead atoms. The molecule has 0 spiro atoms. The minimum absolute atomic E-state index is 0.0201. The Kier molecular flexibility index (Phi) is 3.80. The van der Waals surface area contributed by atoms with Gasteiger partial charge in [-0.15, -0.1) is 0 Å². The standard InChI is InChI=1S/C9H18N2O/c1-6-8(9(3,4)5)12-11-7(2)10/h6H,1-5H3,(H2,10,11)/b8-6-. The predicted octanol–water partition coefficient (Wildman–Crippen LogP) is 2.25. The normalized spacial score (nSPS) is 14.8. The van der Waals surface area contributed by atoms with E-state index in [4.69, 9.17) is 10.6 Å². The average Bonchev–Trinajstić information content (AvgIpc) is 1.85. The van der Waals surface area contributed by atoms with Crippen LogP contribution in [0.5, 0.6) is 0 Å². The number of hydrogen-bond donors (Lipinski definition) is 1. The molecule has 0 atom stereocenters. The number of hydrogen-bond acceptors (Lipinski definition) is 2. The summed E-state index contributed by atoms with van der Waals surface area (Å²) < 4.78 is 0. The summed E-state index contributed by atoms with van der Waals surface area (Å²) in [5.41, 5.74) is 5.32. The highest BCUT2D eigenvalue weighted by Crippen LogP contribution is 2.25. The van der Waals surface area contributed by atoms with Crippen LogP contribution >= 0.6 is 0 Å². The molecule has 0 heterocycles. The number of allylic oxidation sites excluding steroid dienone is 2. The fraction of sp³-hybridized carbons (Fsp3) is 0.667. The van der Waals surface area contributed by atoms with Gasteiger partial charge in [0.15, 0.2) is 0 Å². The third-order valence-corrected chi connectivity index (χ3v) is 1.29. The lowest BCUT2D eigenvalue weighted by Gasteiger charge is -2.19. The van der Waals surface area contributed by atoms with E-state index in [0.717, 1.165) is 5.76 Å². The molecule has 2 N–H and O–H groups in total. The molecule has 3 nitrogen and oxygen atoms in total. The topological polar surface area (TPSA) is 47.6 Å². The van der Waals surface area contributed by atoms with Crippen LogP contribution in [0.4, 0.5) is 0 Å². The van der Waals surface area contributed by atoms with Crippen LogP contribution in [0.15, 0.2) is 17.0 Å². The number of rotatable bonds is 2. The van der Waals surface area contributed by atoms with Gasteiger partial charge in [0.2, 0.25) is 0 Å². The molecule has 12 heavy (non-hydrogen) atoms. The van der Waals surface area contributed by atoms with Gasteiger partial charge in [0.25, 0.3) is 0 Å². The van der Waals surface area contributed by atoms with Crippen molar-refractivity contribution in [1.29, 1.82) is 0 Å². The molecule has 0 aliphatic rings. The molecule has 0 aromatic carbocycles. The molecule has 0 rings (SSSR count). The summed E-state index contributed by atoms with van der Waals surface area (Å²) in [7, 11) is 0. The largest absolute Gasteiger partial charge is 0.385 e. The van der Waals surface area contributed by atoms with Gasteiger partial charge >= 0.3 is 0 Å². The van der Waals surface area contributed by atoms with Crippen molar-refractivity contribution < 1.29 is 4.84 Å². The van der Waals surface area contributed by atoms with Gasteiger partial charge in [-0.1, -0.05) is 25.9 Å². The van der Waals surface area contributed by atoms with Crippen molar-refractivity contribution in [3.63, 3.8) is 0 Å². The highest BCUT2D eigenvalue weighted by Gasteiger charge is 2.18. The molecule has 3 heteroatoms. The Hall–Kier alpha value is -0.990. The monoisotopic (exact) mass is 170 g/mol. The second kappa shape index (κ2) is 4.14. The first-order valence-corrected chi connectivity index (χ1v) is 4.02. The lowest BCUT2D eigenvalue weighted by molar-refractivity contribution is 0.160. The Bertz CT molecular complexity index is 195. The van der Waals surface area contributed by atoms with E-state index < -0.39 is 0 Å². The zero-order chi connectivity index (χ0) is 9.78. The second-order valence-electron chi connectivity index (χ2n) is 3.73. The lowest BCUT2D eigenvalue weighted by Crippen LogP contribution is -2.13. The molecule has 0 aliphatic heterocycles. The van der Waals surface area contributed by atoms with Crippen molar-refractivity contribution in [1.82, 2.24) is 0 Å². The second-order valence-corrected chi connectivity index (χ2v) is 3.73. The Morgan fingerprint density at radius 3 is 2.17 bits per heavy atom. The first-order chi connectivity index (χ1) is 5.38. The molecule has 0 saturated heterocycles. The lowest BCUT2D eigenvalue weighted by atomic mass is 9.94. The van der Waals surface area contributed by atoms with Gasteiger partial charge in [-0.05, 0) is 19.9 Å². The molecule has 0 amide bonds. The van der Waals surface area contributed by atoms with Crippen molar-refractivity contribution in [2.45, 2.75) is 34.6 Å². The van der Waals surface area contributed by atoms with Crippen molar-refractivity contribution >= 4 is 5.84 Å². The van der Waals surface area contributed by atoms with Crippen molar-refractivity contribution in [3.05, 3.63) is 11.8 Å². The molecule has 0 aliphatic carbocycles. The first kappa shape index (κ1) is 11.0. The molecule has 0 unspecified atom stereocenters. The summed E-state index contributed by atoms with van der Waals surface area (Å²) in [6.45, 7) is 9.79. The molecular formula is C9H18N2O. The van der Waals surface area contributed by atoms with E-state index in [1.54, 1.807) is 6.92 Å². The molecule has 0 radical (unpaired) electrons. The van der Waals surface area contributed by atoms with Gasteiger partial charge < -0.3 is 10.6 Å². The summed E-state index contributed by atoms with van der Waals surface area (Å²) in [6, 6.07) is 0. The van der Waals surface area contributed by atoms with Gasteiger partial charge in [-0.2, -0.15) is 0 Å². The van der Waals surface area contributed by atoms with Crippen LogP contribution in [0.1, 0.15) is 34.6 Å². The molecule has 0 aromatic heterocycles. The van der Waals surface area contributed by atoms with Gasteiger partial charge in [-0.3, -0.25) is 0 Å². The highest BCUT2D eigenvalue weighted by molar-refractivity contribution is 5.76. The SMILES string of the molecule is C/C=C(\O/N=C(/C)N)C(C)(C)C. The molecule has 0 aromatic rings. The van der Waals surface area contributed by atoms with Crippen LogP contribution in [0.3, 0.4) is 0 Å². The summed E-state index contributed by atoms with van der Waals surface area (Å²) in [4.78, 5) is 5.14. The zero-order valence-electron chi connectivity index (χ0n) is 8.51. The fourth-order valence-corrected chi connectivity index (χ4v) is 0.744. The Balaban J connectivity index is 4.33. The maximum atomic E-state index is 5.34. The van der Waals surface area contributed by atoms with Crippen molar-refractivity contribution in [2.24, 2.45) is 16.3 Å². The van der Waals surface area contributed by atoms with E-state index in [1.807, 2.05) is 13.0 Å². The minimum Gasteiger partial charge on any atom is -0.385 e. The van der Waals surface area contributed by atoms with E-state index in [9.17, 15) is 0 Å². The van der Waals surface area contributed by atoms with Crippen LogP contribution in [-0.4, -0.2) is 5.84 Å². The number of amidine groups is 1.